The normalized spacial score (nSPS) is 19.0. The summed E-state index contributed by atoms with van der Waals surface area (Å²) in [5.41, 5.74) is 3.61. The van der Waals surface area contributed by atoms with Crippen LogP contribution in [0.2, 0.25) is 0 Å². The maximum absolute atomic E-state index is 13.9. The number of allylic oxidation sites excluding steroid dienone is 13. The molecule has 3 aliphatic carbocycles. The number of Topliss-reactive ketones (excluding diaryl/α,β-unsaturated/α-hetero) is 3. The van der Waals surface area contributed by atoms with Crippen molar-refractivity contribution in [2.75, 3.05) is 0 Å². The number of carbonyl (C=O) groups excluding carboxylic acids is 3. The molecule has 0 spiro atoms. The van der Waals surface area contributed by atoms with E-state index in [2.05, 4.69) is 0 Å². The minimum atomic E-state index is -0.426. The van der Waals surface area contributed by atoms with Crippen LogP contribution in [0, 0.1) is 32.5 Å². The van der Waals surface area contributed by atoms with E-state index in [1.54, 1.807) is 0 Å². The Labute approximate surface area is 290 Å². The molecule has 0 N–H and O–H groups in total. The lowest BCUT2D eigenvalue weighted by atomic mass is 9.71. The van der Waals surface area contributed by atoms with E-state index in [4.69, 9.17) is 9.98 Å². The van der Waals surface area contributed by atoms with Crippen molar-refractivity contribution in [3.8, 4) is 0 Å². The van der Waals surface area contributed by atoms with Gasteiger partial charge in [0.05, 0.1) is 11.4 Å². The van der Waals surface area contributed by atoms with Gasteiger partial charge in [0.15, 0.2) is 23.2 Å². The first-order valence-corrected chi connectivity index (χ1v) is 17.2. The summed E-state index contributed by atoms with van der Waals surface area (Å²) < 4.78 is 0. The molecule has 0 amide bonds. The van der Waals surface area contributed by atoms with E-state index in [1.807, 2.05) is 161 Å². The third-order valence-corrected chi connectivity index (χ3v) is 8.81. The summed E-state index contributed by atoms with van der Waals surface area (Å²) in [5, 5.41) is 0. The molecule has 5 nitrogen and oxygen atoms in total. The molecule has 3 aliphatic rings. The fourth-order valence-electron chi connectivity index (χ4n) is 5.86. The molecule has 0 aromatic heterocycles. The summed E-state index contributed by atoms with van der Waals surface area (Å²) >= 11 is 0. The molecule has 0 bridgehead atoms. The van der Waals surface area contributed by atoms with Crippen molar-refractivity contribution < 1.29 is 14.4 Å². The average molecular weight is 653 g/mol. The maximum Gasteiger partial charge on any atom is 0.186 e. The zero-order valence-corrected chi connectivity index (χ0v) is 33.1. The summed E-state index contributed by atoms with van der Waals surface area (Å²) in [7, 11) is 0. The molecule has 0 radical (unpaired) electrons. The van der Waals surface area contributed by atoms with Gasteiger partial charge in [-0.15, -0.1) is 0 Å². The largest absolute Gasteiger partial charge is 0.289 e. The Morgan fingerprint density at radius 2 is 0.542 bits per heavy atom. The Bertz CT molecular complexity index is 1520. The predicted octanol–water partition coefficient (Wildman–Crippen LogP) is 10.7. The Morgan fingerprint density at radius 1 is 0.354 bits per heavy atom. The minimum Gasteiger partial charge on any atom is -0.289 e. The number of rotatable bonds is 2. The number of aliphatic imine (C=N–C) groups is 2. The van der Waals surface area contributed by atoms with Gasteiger partial charge in [0, 0.05) is 39.0 Å². The molecular weight excluding hydrogens is 592 g/mol. The van der Waals surface area contributed by atoms with Gasteiger partial charge < -0.3 is 0 Å². The molecule has 0 atom stereocenters. The molecule has 3 rings (SSSR count). The Balaban J connectivity index is 2.60. The molecule has 0 aromatic carbocycles. The molecule has 0 unspecified atom stereocenters. The first-order chi connectivity index (χ1) is 21.3. The molecular formula is C43H60N2O3. The summed E-state index contributed by atoms with van der Waals surface area (Å²) in [4.78, 5) is 51.9. The minimum absolute atomic E-state index is 0.0274. The van der Waals surface area contributed by atoms with Gasteiger partial charge >= 0.3 is 0 Å². The van der Waals surface area contributed by atoms with Crippen molar-refractivity contribution in [3.63, 3.8) is 0 Å². The molecule has 48 heavy (non-hydrogen) atoms. The molecule has 0 saturated heterocycles. The van der Waals surface area contributed by atoms with Crippen LogP contribution in [0.4, 0.5) is 0 Å². The summed E-state index contributed by atoms with van der Waals surface area (Å²) in [6.45, 7) is 36.8. The number of hydrogen-bond acceptors (Lipinski definition) is 5. The van der Waals surface area contributed by atoms with Crippen molar-refractivity contribution in [2.45, 2.75) is 125 Å². The van der Waals surface area contributed by atoms with Crippen molar-refractivity contribution in [2.24, 2.45) is 42.5 Å². The second-order valence-corrected chi connectivity index (χ2v) is 19.7. The predicted molar refractivity (Wildman–Crippen MR) is 202 cm³/mol. The third kappa shape index (κ3) is 8.57. The van der Waals surface area contributed by atoms with Crippen LogP contribution in [-0.2, 0) is 14.4 Å². The molecule has 0 fully saturated rings. The van der Waals surface area contributed by atoms with Crippen LogP contribution in [0.3, 0.4) is 0 Å². The highest BCUT2D eigenvalue weighted by Crippen LogP contribution is 2.42. The first kappa shape index (κ1) is 39.0. The van der Waals surface area contributed by atoms with E-state index in [1.165, 1.54) is 0 Å². The number of carbonyl (C=O) groups is 3. The first-order valence-electron chi connectivity index (χ1n) is 17.2. The van der Waals surface area contributed by atoms with Gasteiger partial charge in [-0.25, -0.2) is 9.98 Å². The highest BCUT2D eigenvalue weighted by molar-refractivity contribution is 6.24. The maximum atomic E-state index is 13.9. The summed E-state index contributed by atoms with van der Waals surface area (Å²) in [6.07, 6.45) is 11.4. The van der Waals surface area contributed by atoms with Gasteiger partial charge in [-0.05, 0) is 68.9 Å². The standard InChI is InChI=1S/C43H60N2O3/c1-38(2,3)28-19-25(20-29(34(28)46)39(4,5)6)37(44-26-21-30(40(7,8)9)35(47)31(22-26)41(10,11)12)45-27-23-32(42(13,14)15)36(48)33(24-27)43(16,17)18/h19-24H,1-18H3. The van der Waals surface area contributed by atoms with E-state index >= 15 is 0 Å². The smallest absolute Gasteiger partial charge is 0.186 e. The average Bonchev–Trinajstić information content (AvgIpc) is 2.86. The van der Waals surface area contributed by atoms with Crippen molar-refractivity contribution >= 4 is 28.8 Å². The highest BCUT2D eigenvalue weighted by Gasteiger charge is 2.38. The molecule has 0 aromatic rings. The Morgan fingerprint density at radius 3 is 0.729 bits per heavy atom. The molecule has 0 heterocycles. The van der Waals surface area contributed by atoms with Crippen LogP contribution in [0.15, 0.2) is 91.3 Å². The van der Waals surface area contributed by atoms with E-state index < -0.39 is 32.5 Å². The lowest BCUT2D eigenvalue weighted by Crippen LogP contribution is -2.30. The summed E-state index contributed by atoms with van der Waals surface area (Å²) in [6, 6.07) is 0. The van der Waals surface area contributed by atoms with Crippen LogP contribution in [0.1, 0.15) is 125 Å². The number of hydrogen-bond donors (Lipinski definition) is 0. The fourth-order valence-corrected chi connectivity index (χ4v) is 5.86. The third-order valence-electron chi connectivity index (χ3n) is 8.81. The van der Waals surface area contributed by atoms with E-state index in [9.17, 15) is 14.4 Å². The number of ketones is 3. The second kappa shape index (κ2) is 12.4. The Kier molecular flexibility index (Phi) is 10.1. The lowest BCUT2D eigenvalue weighted by molar-refractivity contribution is -0.114. The molecule has 0 aliphatic heterocycles. The highest BCUT2D eigenvalue weighted by atomic mass is 16.1. The van der Waals surface area contributed by atoms with Crippen LogP contribution >= 0.6 is 0 Å². The lowest BCUT2D eigenvalue weighted by Gasteiger charge is -2.32. The van der Waals surface area contributed by atoms with Crippen molar-refractivity contribution in [1.29, 1.82) is 0 Å². The van der Waals surface area contributed by atoms with Gasteiger partial charge in [0.1, 0.15) is 0 Å². The second-order valence-electron chi connectivity index (χ2n) is 19.7. The van der Waals surface area contributed by atoms with Crippen molar-refractivity contribution in [3.05, 3.63) is 81.3 Å². The molecule has 260 valence electrons. The topological polar surface area (TPSA) is 75.9 Å². The van der Waals surface area contributed by atoms with Crippen LogP contribution in [0.25, 0.3) is 0 Å². The SMILES string of the molecule is CC(C)(C)C1=CC(=NC(N=C2C=C(C(C)(C)C)C(=O)C(C(C)(C)C)=C2)=C2C=C(C(C)(C)C)C(=O)C(C(C)(C)C)=C2)C=C(C(C)(C)C)C1=O. The van der Waals surface area contributed by atoms with E-state index in [0.29, 0.717) is 56.3 Å². The zero-order chi connectivity index (χ0) is 37.2. The van der Waals surface area contributed by atoms with Gasteiger partial charge in [0.25, 0.3) is 0 Å². The summed E-state index contributed by atoms with van der Waals surface area (Å²) in [5.74, 6) is 0.509. The van der Waals surface area contributed by atoms with Gasteiger partial charge in [0.2, 0.25) is 0 Å². The van der Waals surface area contributed by atoms with Gasteiger partial charge in [-0.2, -0.15) is 0 Å². The number of nitrogens with zero attached hydrogens (tertiary/aromatic N) is 2. The molecule has 5 heteroatoms. The van der Waals surface area contributed by atoms with Crippen LogP contribution < -0.4 is 0 Å². The monoisotopic (exact) mass is 652 g/mol. The fraction of sp³-hybridized carbons (Fsp3) is 0.558. The van der Waals surface area contributed by atoms with Crippen LogP contribution in [0.5, 0.6) is 0 Å². The molecule has 0 saturated carbocycles. The van der Waals surface area contributed by atoms with Crippen molar-refractivity contribution in [1.82, 2.24) is 0 Å². The van der Waals surface area contributed by atoms with Gasteiger partial charge in [-0.3, -0.25) is 14.4 Å². The quantitative estimate of drug-likeness (QED) is 0.279. The van der Waals surface area contributed by atoms with E-state index in [-0.39, 0.29) is 17.3 Å². The van der Waals surface area contributed by atoms with Gasteiger partial charge in [-0.1, -0.05) is 125 Å². The Hall–Kier alpha value is -3.47. The van der Waals surface area contributed by atoms with E-state index in [0.717, 1.165) is 0 Å². The zero-order valence-electron chi connectivity index (χ0n) is 33.1. The van der Waals surface area contributed by atoms with Crippen LogP contribution in [-0.4, -0.2) is 28.8 Å².